The van der Waals surface area contributed by atoms with E-state index in [1.54, 1.807) is 0 Å². The first-order valence-electron chi connectivity index (χ1n) is 6.54. The number of piperidine rings is 1. The molecule has 1 heterocycles. The minimum atomic E-state index is -0.332. The van der Waals surface area contributed by atoms with Crippen LogP contribution in [-0.2, 0) is 0 Å². The summed E-state index contributed by atoms with van der Waals surface area (Å²) in [6.07, 6.45) is 3.23. The SMILES string of the molecule is N#CC(=NNc1ccc(F)cc1)C(=N)N1CCCCC1. The summed E-state index contributed by atoms with van der Waals surface area (Å²) < 4.78 is 12.8. The van der Waals surface area contributed by atoms with Gasteiger partial charge in [0, 0.05) is 13.1 Å². The lowest BCUT2D eigenvalue weighted by atomic mass is 10.1. The predicted octanol–water partition coefficient (Wildman–Crippen LogP) is 2.58. The molecule has 5 nitrogen and oxygen atoms in total. The number of halogens is 1. The third-order valence-electron chi connectivity index (χ3n) is 3.14. The van der Waals surface area contributed by atoms with Gasteiger partial charge in [0.25, 0.3) is 0 Å². The summed E-state index contributed by atoms with van der Waals surface area (Å²) in [5, 5.41) is 21.0. The molecule has 2 rings (SSSR count). The minimum Gasteiger partial charge on any atom is -0.355 e. The van der Waals surface area contributed by atoms with Crippen molar-refractivity contribution in [3.05, 3.63) is 30.1 Å². The number of nitrogens with zero attached hydrogens (tertiary/aromatic N) is 3. The predicted molar refractivity (Wildman–Crippen MR) is 76.2 cm³/mol. The Hall–Kier alpha value is -2.42. The highest BCUT2D eigenvalue weighted by atomic mass is 19.1. The molecular formula is C14H16FN5. The minimum absolute atomic E-state index is 0.0382. The molecule has 1 fully saturated rings. The molecule has 0 unspecified atom stereocenters. The van der Waals surface area contributed by atoms with E-state index < -0.39 is 0 Å². The van der Waals surface area contributed by atoms with Gasteiger partial charge in [0.05, 0.1) is 5.69 Å². The molecule has 1 aliphatic heterocycles. The second kappa shape index (κ2) is 6.66. The Morgan fingerprint density at radius 2 is 1.90 bits per heavy atom. The van der Waals surface area contributed by atoms with Crippen molar-refractivity contribution < 1.29 is 4.39 Å². The number of rotatable bonds is 3. The van der Waals surface area contributed by atoms with E-state index in [0.29, 0.717) is 5.69 Å². The number of anilines is 1. The molecule has 0 saturated carbocycles. The summed E-state index contributed by atoms with van der Waals surface area (Å²) in [4.78, 5) is 1.86. The molecular weight excluding hydrogens is 257 g/mol. The van der Waals surface area contributed by atoms with Crippen molar-refractivity contribution in [2.45, 2.75) is 19.3 Å². The van der Waals surface area contributed by atoms with Gasteiger partial charge in [-0.3, -0.25) is 10.8 Å². The Morgan fingerprint density at radius 1 is 1.25 bits per heavy atom. The molecule has 6 heteroatoms. The number of hydrogen-bond donors (Lipinski definition) is 2. The molecule has 20 heavy (non-hydrogen) atoms. The van der Waals surface area contributed by atoms with Crippen LogP contribution in [0.15, 0.2) is 29.4 Å². The smallest absolute Gasteiger partial charge is 0.202 e. The van der Waals surface area contributed by atoms with Crippen LogP contribution in [0.3, 0.4) is 0 Å². The van der Waals surface area contributed by atoms with E-state index >= 15 is 0 Å². The van der Waals surface area contributed by atoms with E-state index in [4.69, 9.17) is 10.7 Å². The summed E-state index contributed by atoms with van der Waals surface area (Å²) >= 11 is 0. The van der Waals surface area contributed by atoms with E-state index in [2.05, 4.69) is 10.5 Å². The van der Waals surface area contributed by atoms with Crippen molar-refractivity contribution in [2.24, 2.45) is 5.10 Å². The normalized spacial score (nSPS) is 15.6. The summed E-state index contributed by atoms with van der Waals surface area (Å²) in [5.74, 6) is -0.192. The summed E-state index contributed by atoms with van der Waals surface area (Å²) in [7, 11) is 0. The first kappa shape index (κ1) is 14.0. The van der Waals surface area contributed by atoms with Crippen LogP contribution in [0.25, 0.3) is 0 Å². The number of nitriles is 1. The maximum absolute atomic E-state index is 12.8. The van der Waals surface area contributed by atoms with Gasteiger partial charge in [-0.15, -0.1) is 0 Å². The van der Waals surface area contributed by atoms with Crippen molar-refractivity contribution in [3.8, 4) is 6.07 Å². The molecule has 1 aromatic rings. The molecule has 0 radical (unpaired) electrons. The van der Waals surface area contributed by atoms with Crippen molar-refractivity contribution in [2.75, 3.05) is 18.5 Å². The molecule has 104 valence electrons. The standard InChI is InChI=1S/C14H16FN5/c15-11-4-6-12(7-5-11)18-19-13(10-16)14(17)20-8-2-1-3-9-20/h4-7,17-18H,1-3,8-9H2. The molecule has 2 N–H and O–H groups in total. The van der Waals surface area contributed by atoms with Gasteiger partial charge in [0.2, 0.25) is 5.71 Å². The van der Waals surface area contributed by atoms with Crippen LogP contribution >= 0.6 is 0 Å². The molecule has 0 atom stereocenters. The van der Waals surface area contributed by atoms with Crippen LogP contribution in [-0.4, -0.2) is 29.5 Å². The molecule has 1 saturated heterocycles. The third kappa shape index (κ3) is 3.54. The lowest BCUT2D eigenvalue weighted by Crippen LogP contribution is -2.39. The van der Waals surface area contributed by atoms with Gasteiger partial charge >= 0.3 is 0 Å². The highest BCUT2D eigenvalue weighted by molar-refractivity contribution is 6.46. The lowest BCUT2D eigenvalue weighted by molar-refractivity contribution is 0.344. The van der Waals surface area contributed by atoms with Gasteiger partial charge in [-0.05, 0) is 43.5 Å². The van der Waals surface area contributed by atoms with Crippen LogP contribution in [0.5, 0.6) is 0 Å². The van der Waals surface area contributed by atoms with Gasteiger partial charge in [-0.25, -0.2) is 4.39 Å². The van der Waals surface area contributed by atoms with Crippen molar-refractivity contribution >= 4 is 17.2 Å². The number of nitrogens with one attached hydrogen (secondary N) is 2. The van der Waals surface area contributed by atoms with Gasteiger partial charge in [0.15, 0.2) is 5.84 Å². The number of hydrogen-bond acceptors (Lipinski definition) is 4. The van der Waals surface area contributed by atoms with Crippen LogP contribution in [0.4, 0.5) is 10.1 Å². The van der Waals surface area contributed by atoms with Gasteiger partial charge < -0.3 is 4.90 Å². The lowest BCUT2D eigenvalue weighted by Gasteiger charge is -2.27. The average molecular weight is 273 g/mol. The second-order valence-corrected chi connectivity index (χ2v) is 4.59. The fraction of sp³-hybridized carbons (Fsp3) is 0.357. The molecule has 0 bridgehead atoms. The zero-order valence-electron chi connectivity index (χ0n) is 11.1. The Labute approximate surface area is 117 Å². The Bertz CT molecular complexity index is 538. The quantitative estimate of drug-likeness (QED) is 0.505. The maximum Gasteiger partial charge on any atom is 0.202 e. The first-order valence-corrected chi connectivity index (χ1v) is 6.54. The van der Waals surface area contributed by atoms with E-state index in [9.17, 15) is 4.39 Å². The van der Waals surface area contributed by atoms with Crippen molar-refractivity contribution in [3.63, 3.8) is 0 Å². The molecule has 0 amide bonds. The van der Waals surface area contributed by atoms with Crippen LogP contribution in [0, 0.1) is 22.6 Å². The topological polar surface area (TPSA) is 75.3 Å². The molecule has 1 aliphatic rings. The monoisotopic (exact) mass is 273 g/mol. The number of amidine groups is 1. The zero-order valence-corrected chi connectivity index (χ0v) is 11.1. The molecule has 0 aliphatic carbocycles. The summed E-state index contributed by atoms with van der Waals surface area (Å²) in [5.41, 5.74) is 3.29. The highest BCUT2D eigenvalue weighted by Crippen LogP contribution is 2.11. The van der Waals surface area contributed by atoms with Crippen LogP contribution < -0.4 is 5.43 Å². The van der Waals surface area contributed by atoms with Crippen molar-refractivity contribution in [1.29, 1.82) is 10.7 Å². The van der Waals surface area contributed by atoms with Gasteiger partial charge in [-0.1, -0.05) is 0 Å². The first-order chi connectivity index (χ1) is 9.70. The van der Waals surface area contributed by atoms with Crippen LogP contribution in [0.2, 0.25) is 0 Å². The maximum atomic E-state index is 12.8. The fourth-order valence-corrected chi connectivity index (χ4v) is 2.04. The number of likely N-dealkylation sites (tertiary alicyclic amines) is 1. The van der Waals surface area contributed by atoms with E-state index in [1.807, 2.05) is 11.0 Å². The summed E-state index contributed by atoms with van der Waals surface area (Å²) in [6, 6.07) is 7.59. The molecule has 0 aromatic heterocycles. The number of benzene rings is 1. The van der Waals surface area contributed by atoms with Crippen molar-refractivity contribution in [1.82, 2.24) is 4.90 Å². The Morgan fingerprint density at radius 3 is 2.50 bits per heavy atom. The number of hydrazone groups is 1. The average Bonchev–Trinajstić information content (AvgIpc) is 2.50. The second-order valence-electron chi connectivity index (χ2n) is 4.59. The van der Waals surface area contributed by atoms with E-state index in [0.717, 1.165) is 32.4 Å². The van der Waals surface area contributed by atoms with Crippen LogP contribution in [0.1, 0.15) is 19.3 Å². The zero-order chi connectivity index (χ0) is 14.4. The Balaban J connectivity index is 2.03. The molecule has 1 aromatic carbocycles. The third-order valence-corrected chi connectivity index (χ3v) is 3.14. The van der Waals surface area contributed by atoms with E-state index in [-0.39, 0.29) is 17.4 Å². The highest BCUT2D eigenvalue weighted by Gasteiger charge is 2.18. The summed E-state index contributed by atoms with van der Waals surface area (Å²) in [6.45, 7) is 1.58. The fourth-order valence-electron chi connectivity index (χ4n) is 2.04. The van der Waals surface area contributed by atoms with Gasteiger partial charge in [-0.2, -0.15) is 10.4 Å². The largest absolute Gasteiger partial charge is 0.355 e. The van der Waals surface area contributed by atoms with E-state index in [1.165, 1.54) is 24.3 Å². The molecule has 0 spiro atoms. The Kier molecular flexibility index (Phi) is 4.66. The van der Waals surface area contributed by atoms with Gasteiger partial charge in [0.1, 0.15) is 11.9 Å².